The van der Waals surface area contributed by atoms with Crippen LogP contribution in [0.2, 0.25) is 0 Å². The van der Waals surface area contributed by atoms with Crippen LogP contribution in [0, 0.1) is 0 Å². The molecule has 2 amide bonds. The molecule has 0 aliphatic carbocycles. The summed E-state index contributed by atoms with van der Waals surface area (Å²) >= 11 is 0. The van der Waals surface area contributed by atoms with Gasteiger partial charge in [0.1, 0.15) is 0 Å². The Labute approximate surface area is 188 Å². The van der Waals surface area contributed by atoms with E-state index in [1.165, 1.54) is 0 Å². The SMILES string of the molecule is COc1cc(C(C)NC(=O)CNC(=O)Cc2cccc3ccccc23)ccc1OC(C)C. The number of fused-ring (bicyclic) bond motifs is 1. The average molecular weight is 435 g/mol. The van der Waals surface area contributed by atoms with Gasteiger partial charge in [-0.05, 0) is 54.8 Å². The second-order valence-electron chi connectivity index (χ2n) is 7.96. The van der Waals surface area contributed by atoms with E-state index in [4.69, 9.17) is 9.47 Å². The Morgan fingerprint density at radius 1 is 0.906 bits per heavy atom. The first-order valence-electron chi connectivity index (χ1n) is 10.7. The highest BCUT2D eigenvalue weighted by atomic mass is 16.5. The van der Waals surface area contributed by atoms with E-state index in [-0.39, 0.29) is 36.9 Å². The summed E-state index contributed by atoms with van der Waals surface area (Å²) < 4.78 is 11.1. The fourth-order valence-electron chi connectivity index (χ4n) is 3.54. The minimum absolute atomic E-state index is 0.0318. The summed E-state index contributed by atoms with van der Waals surface area (Å²) in [6, 6.07) is 19.2. The van der Waals surface area contributed by atoms with E-state index < -0.39 is 0 Å². The van der Waals surface area contributed by atoms with E-state index in [1.54, 1.807) is 7.11 Å². The predicted octanol–water partition coefficient (Wildman–Crippen LogP) is 4.17. The lowest BCUT2D eigenvalue weighted by Gasteiger charge is -2.18. The zero-order chi connectivity index (χ0) is 23.1. The molecule has 0 aliphatic heterocycles. The molecule has 0 aromatic heterocycles. The number of nitrogens with one attached hydrogen (secondary N) is 2. The third-order valence-corrected chi connectivity index (χ3v) is 5.10. The Morgan fingerprint density at radius 2 is 1.66 bits per heavy atom. The van der Waals surface area contributed by atoms with Gasteiger partial charge in [-0.15, -0.1) is 0 Å². The Hall–Kier alpha value is -3.54. The molecular weight excluding hydrogens is 404 g/mol. The molecule has 0 radical (unpaired) electrons. The summed E-state index contributed by atoms with van der Waals surface area (Å²) in [6.45, 7) is 5.70. The molecule has 0 spiro atoms. The van der Waals surface area contributed by atoms with Crippen molar-refractivity contribution in [1.82, 2.24) is 10.6 Å². The number of rotatable bonds is 9. The average Bonchev–Trinajstić information content (AvgIpc) is 2.78. The van der Waals surface area contributed by atoms with Crippen molar-refractivity contribution in [2.45, 2.75) is 39.3 Å². The molecule has 6 heteroatoms. The van der Waals surface area contributed by atoms with Gasteiger partial charge in [0.05, 0.1) is 32.2 Å². The highest BCUT2D eigenvalue weighted by molar-refractivity contribution is 5.91. The maximum absolute atomic E-state index is 12.4. The van der Waals surface area contributed by atoms with Crippen LogP contribution in [0.5, 0.6) is 11.5 Å². The second-order valence-corrected chi connectivity index (χ2v) is 7.96. The van der Waals surface area contributed by atoms with Crippen molar-refractivity contribution in [3.8, 4) is 11.5 Å². The largest absolute Gasteiger partial charge is 0.493 e. The van der Waals surface area contributed by atoms with Gasteiger partial charge in [0, 0.05) is 0 Å². The fraction of sp³-hybridized carbons (Fsp3) is 0.308. The van der Waals surface area contributed by atoms with Crippen molar-refractivity contribution in [3.63, 3.8) is 0 Å². The molecule has 1 atom stereocenters. The third-order valence-electron chi connectivity index (χ3n) is 5.10. The van der Waals surface area contributed by atoms with Gasteiger partial charge in [-0.25, -0.2) is 0 Å². The second kappa shape index (κ2) is 10.7. The first kappa shape index (κ1) is 23.1. The van der Waals surface area contributed by atoms with Crippen LogP contribution in [0.25, 0.3) is 10.8 Å². The molecule has 32 heavy (non-hydrogen) atoms. The zero-order valence-corrected chi connectivity index (χ0v) is 19.0. The van der Waals surface area contributed by atoms with Crippen LogP contribution in [0.4, 0.5) is 0 Å². The molecule has 3 aromatic rings. The number of benzene rings is 3. The summed E-state index contributed by atoms with van der Waals surface area (Å²) in [7, 11) is 1.58. The molecular formula is C26H30N2O4. The van der Waals surface area contributed by atoms with Crippen molar-refractivity contribution in [2.75, 3.05) is 13.7 Å². The fourth-order valence-corrected chi connectivity index (χ4v) is 3.54. The molecule has 2 N–H and O–H groups in total. The van der Waals surface area contributed by atoms with Gasteiger partial charge in [-0.2, -0.15) is 0 Å². The van der Waals surface area contributed by atoms with Crippen LogP contribution < -0.4 is 20.1 Å². The van der Waals surface area contributed by atoms with Gasteiger partial charge in [-0.3, -0.25) is 9.59 Å². The standard InChI is InChI=1S/C26H30N2O4/c1-17(2)32-23-13-12-20(14-24(23)31-4)18(3)28-26(30)16-27-25(29)15-21-10-7-9-19-8-5-6-11-22(19)21/h5-14,17-18H,15-16H2,1-4H3,(H,27,29)(H,28,30). The van der Waals surface area contributed by atoms with Gasteiger partial charge in [0.2, 0.25) is 11.8 Å². The topological polar surface area (TPSA) is 76.7 Å². The summed E-state index contributed by atoms with van der Waals surface area (Å²) in [5.74, 6) is 0.817. The van der Waals surface area contributed by atoms with Gasteiger partial charge in [0.15, 0.2) is 11.5 Å². The number of carbonyl (C=O) groups excluding carboxylic acids is 2. The molecule has 3 rings (SSSR count). The number of methoxy groups -OCH3 is 1. The quantitative estimate of drug-likeness (QED) is 0.530. The van der Waals surface area contributed by atoms with Crippen molar-refractivity contribution < 1.29 is 19.1 Å². The molecule has 0 heterocycles. The van der Waals surface area contributed by atoms with E-state index in [1.807, 2.05) is 81.4 Å². The normalized spacial score (nSPS) is 11.8. The van der Waals surface area contributed by atoms with Crippen LogP contribution in [0.1, 0.15) is 37.9 Å². The van der Waals surface area contributed by atoms with Crippen molar-refractivity contribution in [1.29, 1.82) is 0 Å². The first-order chi connectivity index (χ1) is 15.4. The van der Waals surface area contributed by atoms with E-state index >= 15 is 0 Å². The molecule has 0 saturated heterocycles. The van der Waals surface area contributed by atoms with Crippen molar-refractivity contribution >= 4 is 22.6 Å². The number of ether oxygens (including phenoxy) is 2. The van der Waals surface area contributed by atoms with Gasteiger partial charge >= 0.3 is 0 Å². The lowest BCUT2D eigenvalue weighted by Crippen LogP contribution is -2.38. The van der Waals surface area contributed by atoms with Gasteiger partial charge < -0.3 is 20.1 Å². The van der Waals surface area contributed by atoms with E-state index in [0.29, 0.717) is 11.5 Å². The van der Waals surface area contributed by atoms with Gasteiger partial charge in [-0.1, -0.05) is 48.5 Å². The lowest BCUT2D eigenvalue weighted by atomic mass is 10.0. The maximum Gasteiger partial charge on any atom is 0.239 e. The Morgan fingerprint density at radius 3 is 2.41 bits per heavy atom. The van der Waals surface area contributed by atoms with Crippen LogP contribution in [-0.2, 0) is 16.0 Å². The van der Waals surface area contributed by atoms with Crippen molar-refractivity contribution in [2.24, 2.45) is 0 Å². The molecule has 0 bridgehead atoms. The molecule has 0 fully saturated rings. The lowest BCUT2D eigenvalue weighted by molar-refractivity contribution is -0.126. The molecule has 1 unspecified atom stereocenters. The van der Waals surface area contributed by atoms with E-state index in [2.05, 4.69) is 10.6 Å². The molecule has 0 aliphatic rings. The monoisotopic (exact) mass is 434 g/mol. The van der Waals surface area contributed by atoms with E-state index in [0.717, 1.165) is 21.9 Å². The number of hydrogen-bond donors (Lipinski definition) is 2. The molecule has 6 nitrogen and oxygen atoms in total. The number of hydrogen-bond acceptors (Lipinski definition) is 4. The first-order valence-corrected chi connectivity index (χ1v) is 10.7. The van der Waals surface area contributed by atoms with Crippen LogP contribution >= 0.6 is 0 Å². The Kier molecular flexibility index (Phi) is 7.71. The smallest absolute Gasteiger partial charge is 0.239 e. The minimum Gasteiger partial charge on any atom is -0.493 e. The van der Waals surface area contributed by atoms with Crippen LogP contribution in [0.3, 0.4) is 0 Å². The predicted molar refractivity (Wildman–Crippen MR) is 126 cm³/mol. The molecule has 3 aromatic carbocycles. The number of amides is 2. The Balaban J connectivity index is 1.54. The highest BCUT2D eigenvalue weighted by Gasteiger charge is 2.15. The summed E-state index contributed by atoms with van der Waals surface area (Å²) in [5, 5.41) is 7.75. The Bertz CT molecular complexity index is 1090. The van der Waals surface area contributed by atoms with E-state index in [9.17, 15) is 9.59 Å². The summed E-state index contributed by atoms with van der Waals surface area (Å²) in [5.41, 5.74) is 1.82. The summed E-state index contributed by atoms with van der Waals surface area (Å²) in [6.07, 6.45) is 0.253. The molecule has 168 valence electrons. The zero-order valence-electron chi connectivity index (χ0n) is 19.0. The van der Waals surface area contributed by atoms with Gasteiger partial charge in [0.25, 0.3) is 0 Å². The highest BCUT2D eigenvalue weighted by Crippen LogP contribution is 2.31. The minimum atomic E-state index is -0.259. The van der Waals surface area contributed by atoms with Crippen LogP contribution in [-0.4, -0.2) is 31.6 Å². The number of carbonyl (C=O) groups is 2. The summed E-state index contributed by atoms with van der Waals surface area (Å²) in [4.78, 5) is 24.8. The van der Waals surface area contributed by atoms with Crippen LogP contribution in [0.15, 0.2) is 60.7 Å². The third kappa shape index (κ3) is 6.00. The van der Waals surface area contributed by atoms with Crippen molar-refractivity contribution in [3.05, 3.63) is 71.8 Å². The molecule has 0 saturated carbocycles. The maximum atomic E-state index is 12.4.